The highest BCUT2D eigenvalue weighted by atomic mass is 32.1. The molecule has 130 valence electrons. The molecule has 0 saturated heterocycles. The summed E-state index contributed by atoms with van der Waals surface area (Å²) in [5.74, 6) is -0.308. The molecule has 0 aliphatic carbocycles. The summed E-state index contributed by atoms with van der Waals surface area (Å²) in [7, 11) is 0. The summed E-state index contributed by atoms with van der Waals surface area (Å²) in [6.45, 7) is 3.81. The van der Waals surface area contributed by atoms with Gasteiger partial charge in [0.25, 0.3) is 5.91 Å². The van der Waals surface area contributed by atoms with Crippen molar-refractivity contribution in [2.24, 2.45) is 0 Å². The Hall–Kier alpha value is -2.73. The van der Waals surface area contributed by atoms with E-state index in [1.54, 1.807) is 24.3 Å². The molecule has 3 N–H and O–H groups in total. The van der Waals surface area contributed by atoms with E-state index in [1.807, 2.05) is 44.2 Å². The maximum atomic E-state index is 12.0. The smallest absolute Gasteiger partial charge is 0.251 e. The molecule has 25 heavy (non-hydrogen) atoms. The largest absolute Gasteiger partial charge is 0.350 e. The normalized spacial score (nSPS) is 10.2. The fourth-order valence-electron chi connectivity index (χ4n) is 2.16. The van der Waals surface area contributed by atoms with E-state index in [0.717, 1.165) is 5.56 Å². The van der Waals surface area contributed by atoms with Crippen molar-refractivity contribution in [2.75, 3.05) is 5.32 Å². The molecule has 0 unspecified atom stereocenters. The number of anilines is 1. The summed E-state index contributed by atoms with van der Waals surface area (Å²) >= 11 is 5.15. The average molecular weight is 355 g/mol. The van der Waals surface area contributed by atoms with Crippen LogP contribution < -0.4 is 16.0 Å². The first-order valence-corrected chi connectivity index (χ1v) is 8.40. The third kappa shape index (κ3) is 6.35. The topological polar surface area (TPSA) is 70.2 Å². The molecular formula is C19H21N3O2S. The minimum Gasteiger partial charge on any atom is -0.350 e. The van der Waals surface area contributed by atoms with E-state index >= 15 is 0 Å². The van der Waals surface area contributed by atoms with E-state index < -0.39 is 0 Å². The maximum Gasteiger partial charge on any atom is 0.251 e. The SMILES string of the molecule is CC(C)NC(=O)c1ccc(NC(=S)NC(=O)Cc2ccccc2)cc1. The van der Waals surface area contributed by atoms with E-state index in [-0.39, 0.29) is 29.4 Å². The molecule has 6 heteroatoms. The monoisotopic (exact) mass is 355 g/mol. The summed E-state index contributed by atoms with van der Waals surface area (Å²) in [5, 5.41) is 8.62. The Kier molecular flexibility index (Phi) is 6.65. The van der Waals surface area contributed by atoms with Gasteiger partial charge in [-0.3, -0.25) is 9.59 Å². The van der Waals surface area contributed by atoms with Crippen molar-refractivity contribution in [1.29, 1.82) is 0 Å². The number of carbonyl (C=O) groups excluding carboxylic acids is 2. The lowest BCUT2D eigenvalue weighted by Crippen LogP contribution is -2.35. The van der Waals surface area contributed by atoms with Gasteiger partial charge in [-0.15, -0.1) is 0 Å². The summed E-state index contributed by atoms with van der Waals surface area (Å²) in [6.07, 6.45) is 0.261. The Bertz CT molecular complexity index is 743. The van der Waals surface area contributed by atoms with Gasteiger partial charge in [0.05, 0.1) is 6.42 Å². The lowest BCUT2D eigenvalue weighted by atomic mass is 10.1. The first kappa shape index (κ1) is 18.6. The highest BCUT2D eigenvalue weighted by Gasteiger charge is 2.08. The number of amides is 2. The summed E-state index contributed by atoms with van der Waals surface area (Å²) in [6, 6.07) is 16.4. The van der Waals surface area contributed by atoms with Crippen molar-refractivity contribution in [3.63, 3.8) is 0 Å². The zero-order valence-electron chi connectivity index (χ0n) is 14.2. The molecule has 0 fully saturated rings. The first-order valence-electron chi connectivity index (χ1n) is 7.99. The van der Waals surface area contributed by atoms with Crippen molar-refractivity contribution >= 4 is 34.8 Å². The Morgan fingerprint density at radius 2 is 1.64 bits per heavy atom. The molecule has 0 aliphatic heterocycles. The summed E-state index contributed by atoms with van der Waals surface area (Å²) < 4.78 is 0. The second-order valence-corrected chi connectivity index (χ2v) is 6.28. The molecule has 0 aliphatic rings. The van der Waals surface area contributed by atoms with Crippen LogP contribution in [0, 0.1) is 0 Å². The predicted molar refractivity (Wildman–Crippen MR) is 104 cm³/mol. The molecule has 0 aromatic heterocycles. The molecule has 0 bridgehead atoms. The zero-order valence-corrected chi connectivity index (χ0v) is 15.0. The number of hydrogen-bond donors (Lipinski definition) is 3. The molecular weight excluding hydrogens is 334 g/mol. The van der Waals surface area contributed by atoms with Crippen LogP contribution in [0.1, 0.15) is 29.8 Å². The van der Waals surface area contributed by atoms with Crippen molar-refractivity contribution in [2.45, 2.75) is 26.3 Å². The van der Waals surface area contributed by atoms with Crippen LogP contribution in [0.3, 0.4) is 0 Å². The second-order valence-electron chi connectivity index (χ2n) is 5.87. The van der Waals surface area contributed by atoms with Gasteiger partial charge in [-0.05, 0) is 55.9 Å². The van der Waals surface area contributed by atoms with Crippen LogP contribution in [0.2, 0.25) is 0 Å². The van der Waals surface area contributed by atoms with E-state index in [2.05, 4.69) is 16.0 Å². The number of carbonyl (C=O) groups is 2. The Morgan fingerprint density at radius 3 is 2.24 bits per heavy atom. The second kappa shape index (κ2) is 8.94. The van der Waals surface area contributed by atoms with Gasteiger partial charge in [0, 0.05) is 17.3 Å². The number of hydrogen-bond acceptors (Lipinski definition) is 3. The van der Waals surface area contributed by atoms with Crippen LogP contribution >= 0.6 is 12.2 Å². The highest BCUT2D eigenvalue weighted by molar-refractivity contribution is 7.80. The van der Waals surface area contributed by atoms with Gasteiger partial charge in [-0.2, -0.15) is 0 Å². The summed E-state index contributed by atoms with van der Waals surface area (Å²) in [4.78, 5) is 23.9. The van der Waals surface area contributed by atoms with Crippen LogP contribution in [0.25, 0.3) is 0 Å². The van der Waals surface area contributed by atoms with Gasteiger partial charge in [0.15, 0.2) is 5.11 Å². The van der Waals surface area contributed by atoms with Crippen molar-refractivity contribution in [3.05, 3.63) is 65.7 Å². The Morgan fingerprint density at radius 1 is 1.00 bits per heavy atom. The Labute approximate surface area is 152 Å². The van der Waals surface area contributed by atoms with Crippen molar-refractivity contribution < 1.29 is 9.59 Å². The molecule has 2 aromatic carbocycles. The van der Waals surface area contributed by atoms with Crippen molar-refractivity contribution in [1.82, 2.24) is 10.6 Å². The first-order chi connectivity index (χ1) is 11.9. The van der Waals surface area contributed by atoms with Gasteiger partial charge in [0.2, 0.25) is 5.91 Å². The van der Waals surface area contributed by atoms with E-state index in [0.29, 0.717) is 11.3 Å². The molecule has 0 spiro atoms. The fraction of sp³-hybridized carbons (Fsp3) is 0.211. The zero-order chi connectivity index (χ0) is 18.2. The van der Waals surface area contributed by atoms with Gasteiger partial charge in [-0.25, -0.2) is 0 Å². The minimum atomic E-state index is -0.184. The number of nitrogens with one attached hydrogen (secondary N) is 3. The molecule has 2 aromatic rings. The fourth-order valence-corrected chi connectivity index (χ4v) is 2.40. The quantitative estimate of drug-likeness (QED) is 0.722. The molecule has 2 amide bonds. The lowest BCUT2D eigenvalue weighted by Gasteiger charge is -2.11. The number of thiocarbonyl (C=S) groups is 1. The van der Waals surface area contributed by atoms with Crippen LogP contribution in [0.5, 0.6) is 0 Å². The van der Waals surface area contributed by atoms with Gasteiger partial charge >= 0.3 is 0 Å². The van der Waals surface area contributed by atoms with E-state index in [4.69, 9.17) is 12.2 Å². The minimum absolute atomic E-state index is 0.0812. The molecule has 0 atom stereocenters. The molecule has 5 nitrogen and oxygen atoms in total. The Balaban J connectivity index is 1.86. The van der Waals surface area contributed by atoms with Gasteiger partial charge < -0.3 is 16.0 Å². The lowest BCUT2D eigenvalue weighted by molar-refractivity contribution is -0.119. The van der Waals surface area contributed by atoms with E-state index in [1.165, 1.54) is 0 Å². The molecule has 0 heterocycles. The van der Waals surface area contributed by atoms with Crippen LogP contribution in [0.4, 0.5) is 5.69 Å². The average Bonchev–Trinajstić information content (AvgIpc) is 2.55. The van der Waals surface area contributed by atoms with Gasteiger partial charge in [-0.1, -0.05) is 30.3 Å². The maximum absolute atomic E-state index is 12.0. The predicted octanol–water partition coefficient (Wildman–Crippen LogP) is 2.88. The highest BCUT2D eigenvalue weighted by Crippen LogP contribution is 2.10. The number of benzene rings is 2. The molecule has 2 rings (SSSR count). The van der Waals surface area contributed by atoms with Crippen molar-refractivity contribution in [3.8, 4) is 0 Å². The van der Waals surface area contributed by atoms with Crippen LogP contribution in [-0.2, 0) is 11.2 Å². The molecule has 0 saturated carbocycles. The number of rotatable bonds is 5. The third-order valence-corrected chi connectivity index (χ3v) is 3.49. The standard InChI is InChI=1S/C19H21N3O2S/c1-13(2)20-18(24)15-8-10-16(11-9-15)21-19(25)22-17(23)12-14-6-4-3-5-7-14/h3-11,13H,12H2,1-2H3,(H,20,24)(H2,21,22,23,25). The third-order valence-electron chi connectivity index (χ3n) is 3.29. The van der Waals surface area contributed by atoms with Crippen LogP contribution in [-0.4, -0.2) is 23.0 Å². The molecule has 0 radical (unpaired) electrons. The van der Waals surface area contributed by atoms with Gasteiger partial charge in [0.1, 0.15) is 0 Å². The summed E-state index contributed by atoms with van der Waals surface area (Å²) in [5.41, 5.74) is 2.19. The van der Waals surface area contributed by atoms with Crippen LogP contribution in [0.15, 0.2) is 54.6 Å². The van der Waals surface area contributed by atoms with E-state index in [9.17, 15) is 9.59 Å².